The van der Waals surface area contributed by atoms with Crippen molar-refractivity contribution < 1.29 is 13.9 Å². The third kappa shape index (κ3) is 4.28. The molecule has 0 saturated heterocycles. The van der Waals surface area contributed by atoms with Crippen LogP contribution in [0.5, 0.6) is 0 Å². The topological polar surface area (TPSA) is 75.3 Å². The van der Waals surface area contributed by atoms with Crippen LogP contribution in [0, 0.1) is 0 Å². The molecule has 21 heavy (non-hydrogen) atoms. The molecule has 8 heteroatoms. The van der Waals surface area contributed by atoms with Crippen molar-refractivity contribution in [2.24, 2.45) is 5.73 Å². The molecule has 0 bridgehead atoms. The molecule has 0 aliphatic carbocycles. The SMILES string of the molecule is CCc1nnc(N(CCO)CC(F)F)c(C(N)=S)c1CC. The molecular formula is C13H20F2N4OS. The number of rotatable bonds is 8. The first-order valence-electron chi connectivity index (χ1n) is 6.78. The number of anilines is 1. The fourth-order valence-corrected chi connectivity index (χ4v) is 2.43. The summed E-state index contributed by atoms with van der Waals surface area (Å²) in [5.74, 6) is 0.214. The standard InChI is InChI=1S/C13H20F2N4OS/c1-3-8-9(4-2)17-18-13(11(8)12(16)21)19(5-6-20)7-10(14)15/h10,20H,3-7H2,1-2H3,(H2,16,21). The number of halogens is 2. The van der Waals surface area contributed by atoms with Crippen LogP contribution in [0.2, 0.25) is 0 Å². The average Bonchev–Trinajstić information content (AvgIpc) is 2.44. The third-order valence-corrected chi connectivity index (χ3v) is 3.31. The molecule has 118 valence electrons. The molecule has 0 amide bonds. The van der Waals surface area contributed by atoms with Gasteiger partial charge in [-0.1, -0.05) is 26.1 Å². The summed E-state index contributed by atoms with van der Waals surface area (Å²) < 4.78 is 25.4. The van der Waals surface area contributed by atoms with Crippen molar-refractivity contribution in [2.75, 3.05) is 24.6 Å². The highest BCUT2D eigenvalue weighted by molar-refractivity contribution is 7.80. The molecular weight excluding hydrogens is 298 g/mol. The normalized spacial score (nSPS) is 11.0. The first kappa shape index (κ1) is 17.6. The number of aryl methyl sites for hydroxylation is 1. The first-order chi connectivity index (χ1) is 9.96. The van der Waals surface area contributed by atoms with E-state index in [2.05, 4.69) is 10.2 Å². The zero-order valence-electron chi connectivity index (χ0n) is 12.1. The first-order valence-corrected chi connectivity index (χ1v) is 7.19. The predicted octanol–water partition coefficient (Wildman–Crippen LogP) is 1.30. The summed E-state index contributed by atoms with van der Waals surface area (Å²) in [6.07, 6.45) is -1.28. The molecule has 0 spiro atoms. The van der Waals surface area contributed by atoms with Crippen LogP contribution in [0.15, 0.2) is 0 Å². The summed E-state index contributed by atoms with van der Waals surface area (Å²) in [6, 6.07) is 0. The summed E-state index contributed by atoms with van der Waals surface area (Å²) in [4.78, 5) is 1.37. The number of nitrogens with two attached hydrogens (primary N) is 1. The maximum Gasteiger partial charge on any atom is 0.255 e. The minimum Gasteiger partial charge on any atom is -0.395 e. The highest BCUT2D eigenvalue weighted by Gasteiger charge is 2.23. The lowest BCUT2D eigenvalue weighted by molar-refractivity contribution is 0.152. The number of nitrogens with zero attached hydrogens (tertiary/aromatic N) is 3. The summed E-state index contributed by atoms with van der Waals surface area (Å²) in [5.41, 5.74) is 7.83. The second-order valence-corrected chi connectivity index (χ2v) is 4.90. The molecule has 0 saturated carbocycles. The van der Waals surface area contributed by atoms with Gasteiger partial charge in [-0.25, -0.2) is 8.78 Å². The van der Waals surface area contributed by atoms with Crippen LogP contribution in [0.1, 0.15) is 30.7 Å². The van der Waals surface area contributed by atoms with E-state index in [1.165, 1.54) is 4.90 Å². The summed E-state index contributed by atoms with van der Waals surface area (Å²) in [7, 11) is 0. The lowest BCUT2D eigenvalue weighted by Crippen LogP contribution is -2.35. The van der Waals surface area contributed by atoms with Crippen molar-refractivity contribution in [2.45, 2.75) is 33.1 Å². The van der Waals surface area contributed by atoms with Crippen molar-refractivity contribution in [1.82, 2.24) is 10.2 Å². The molecule has 0 unspecified atom stereocenters. The van der Waals surface area contributed by atoms with Crippen LogP contribution in [0.4, 0.5) is 14.6 Å². The molecule has 0 aromatic carbocycles. The molecule has 1 heterocycles. The highest BCUT2D eigenvalue weighted by atomic mass is 32.1. The largest absolute Gasteiger partial charge is 0.395 e. The van der Waals surface area contributed by atoms with Gasteiger partial charge in [0.25, 0.3) is 6.43 Å². The van der Waals surface area contributed by atoms with E-state index < -0.39 is 13.0 Å². The molecule has 0 fully saturated rings. The number of hydrogen-bond acceptors (Lipinski definition) is 5. The van der Waals surface area contributed by atoms with E-state index in [0.717, 1.165) is 11.3 Å². The second kappa shape index (κ2) is 8.14. The number of thiocarbonyl (C=S) groups is 1. The minimum atomic E-state index is -2.56. The number of aliphatic hydroxyl groups excluding tert-OH is 1. The van der Waals surface area contributed by atoms with Crippen molar-refractivity contribution >= 4 is 23.0 Å². The monoisotopic (exact) mass is 318 g/mol. The highest BCUT2D eigenvalue weighted by Crippen LogP contribution is 2.24. The van der Waals surface area contributed by atoms with Gasteiger partial charge >= 0.3 is 0 Å². The lowest BCUT2D eigenvalue weighted by Gasteiger charge is -2.25. The van der Waals surface area contributed by atoms with Crippen molar-refractivity contribution in [3.05, 3.63) is 16.8 Å². The molecule has 0 atom stereocenters. The Labute approximate surface area is 128 Å². The summed E-state index contributed by atoms with van der Waals surface area (Å²) >= 11 is 5.06. The van der Waals surface area contributed by atoms with Crippen LogP contribution < -0.4 is 10.6 Å². The maximum absolute atomic E-state index is 12.7. The Morgan fingerprint density at radius 2 is 2.00 bits per heavy atom. The second-order valence-electron chi connectivity index (χ2n) is 4.46. The number of alkyl halides is 2. The van der Waals surface area contributed by atoms with E-state index in [-0.39, 0.29) is 24.0 Å². The molecule has 1 rings (SSSR count). The fraction of sp³-hybridized carbons (Fsp3) is 0.615. The van der Waals surface area contributed by atoms with E-state index in [9.17, 15) is 8.78 Å². The van der Waals surface area contributed by atoms with Crippen LogP contribution in [0.25, 0.3) is 0 Å². The molecule has 0 aliphatic rings. The van der Waals surface area contributed by atoms with Gasteiger partial charge in [0.15, 0.2) is 5.82 Å². The lowest BCUT2D eigenvalue weighted by atomic mass is 10.0. The quantitative estimate of drug-likeness (QED) is 0.704. The molecule has 1 aromatic rings. The van der Waals surface area contributed by atoms with Gasteiger partial charge in [-0.05, 0) is 18.4 Å². The van der Waals surface area contributed by atoms with Gasteiger partial charge in [-0.15, -0.1) is 5.10 Å². The van der Waals surface area contributed by atoms with Crippen LogP contribution in [0.3, 0.4) is 0 Å². The Bertz CT molecular complexity index is 499. The summed E-state index contributed by atoms with van der Waals surface area (Å²) in [5, 5.41) is 17.2. The van der Waals surface area contributed by atoms with Gasteiger partial charge in [-0.2, -0.15) is 5.10 Å². The Balaban J connectivity index is 3.41. The van der Waals surface area contributed by atoms with Gasteiger partial charge in [0, 0.05) is 6.54 Å². The molecule has 5 nitrogen and oxygen atoms in total. The van der Waals surface area contributed by atoms with E-state index in [1.54, 1.807) is 0 Å². The molecule has 3 N–H and O–H groups in total. The average molecular weight is 318 g/mol. The fourth-order valence-electron chi connectivity index (χ4n) is 2.21. The Hall–Kier alpha value is -1.41. The van der Waals surface area contributed by atoms with Gasteiger partial charge in [0.1, 0.15) is 4.99 Å². The third-order valence-electron chi connectivity index (χ3n) is 3.10. The molecule has 1 aromatic heterocycles. The Morgan fingerprint density at radius 3 is 2.43 bits per heavy atom. The van der Waals surface area contributed by atoms with E-state index in [1.807, 2.05) is 13.8 Å². The maximum atomic E-state index is 12.7. The van der Waals surface area contributed by atoms with Gasteiger partial charge < -0.3 is 15.7 Å². The smallest absolute Gasteiger partial charge is 0.255 e. The van der Waals surface area contributed by atoms with Crippen LogP contribution >= 0.6 is 12.2 Å². The zero-order valence-corrected chi connectivity index (χ0v) is 13.0. The van der Waals surface area contributed by atoms with Gasteiger partial charge in [-0.3, -0.25) is 0 Å². The number of aliphatic hydroxyl groups is 1. The van der Waals surface area contributed by atoms with Crippen LogP contribution in [-0.2, 0) is 12.8 Å². The van der Waals surface area contributed by atoms with Gasteiger partial charge in [0.05, 0.1) is 24.4 Å². The predicted molar refractivity (Wildman–Crippen MR) is 82.0 cm³/mol. The Morgan fingerprint density at radius 1 is 1.33 bits per heavy atom. The zero-order chi connectivity index (χ0) is 16.0. The summed E-state index contributed by atoms with van der Waals surface area (Å²) in [6.45, 7) is 3.03. The van der Waals surface area contributed by atoms with Gasteiger partial charge in [0.2, 0.25) is 0 Å². The van der Waals surface area contributed by atoms with Crippen molar-refractivity contribution in [3.63, 3.8) is 0 Å². The minimum absolute atomic E-state index is 0.0171. The van der Waals surface area contributed by atoms with Crippen molar-refractivity contribution in [3.8, 4) is 0 Å². The molecule has 0 aliphatic heterocycles. The number of aromatic nitrogens is 2. The molecule has 0 radical (unpaired) electrons. The van der Waals surface area contributed by atoms with E-state index in [4.69, 9.17) is 23.1 Å². The van der Waals surface area contributed by atoms with E-state index >= 15 is 0 Å². The number of hydrogen-bond donors (Lipinski definition) is 2. The van der Waals surface area contributed by atoms with Crippen LogP contribution in [-0.4, -0.2) is 46.4 Å². The Kier molecular flexibility index (Phi) is 6.83. The van der Waals surface area contributed by atoms with Crippen molar-refractivity contribution in [1.29, 1.82) is 0 Å². The van der Waals surface area contributed by atoms with E-state index in [0.29, 0.717) is 18.4 Å².